The van der Waals surface area contributed by atoms with Crippen molar-refractivity contribution < 1.29 is 5.11 Å². The summed E-state index contributed by atoms with van der Waals surface area (Å²) in [5, 5.41) is 24.8. The third-order valence-electron chi connectivity index (χ3n) is 2.17. The molecule has 1 aliphatic rings. The van der Waals surface area contributed by atoms with E-state index in [1.807, 2.05) is 0 Å². The lowest BCUT2D eigenvalue weighted by molar-refractivity contribution is 0.474. The minimum absolute atomic E-state index is 0.00620. The van der Waals surface area contributed by atoms with Gasteiger partial charge in [-0.25, -0.2) is 0 Å². The van der Waals surface area contributed by atoms with Crippen LogP contribution in [0.2, 0.25) is 0 Å². The number of hydrogen-bond donors (Lipinski definition) is 4. The van der Waals surface area contributed by atoms with E-state index in [0.717, 1.165) is 0 Å². The van der Waals surface area contributed by atoms with Crippen LogP contribution >= 0.6 is 0 Å². The van der Waals surface area contributed by atoms with Gasteiger partial charge in [-0.2, -0.15) is 0 Å². The van der Waals surface area contributed by atoms with E-state index in [-0.39, 0.29) is 17.2 Å². The molecule has 70 valence electrons. The predicted molar refractivity (Wildman–Crippen MR) is 55.3 cm³/mol. The van der Waals surface area contributed by atoms with Crippen molar-refractivity contribution in [1.29, 1.82) is 10.8 Å². The first-order valence-electron chi connectivity index (χ1n) is 4.08. The van der Waals surface area contributed by atoms with Gasteiger partial charge in [0.15, 0.2) is 0 Å². The van der Waals surface area contributed by atoms with Crippen molar-refractivity contribution in [3.63, 3.8) is 0 Å². The molecule has 1 aliphatic carbocycles. The number of anilines is 1. The van der Waals surface area contributed by atoms with Crippen LogP contribution in [0.4, 0.5) is 5.69 Å². The highest BCUT2D eigenvalue weighted by molar-refractivity contribution is 6.26. The minimum atomic E-state index is -0.00620. The van der Waals surface area contributed by atoms with E-state index in [9.17, 15) is 5.11 Å². The molecule has 2 rings (SSSR count). The maximum atomic E-state index is 9.54. The highest BCUT2D eigenvalue weighted by Crippen LogP contribution is 2.29. The molecule has 4 nitrogen and oxygen atoms in total. The number of phenolic OH excluding ortho intramolecular Hbond substituents is 1. The fraction of sp³-hybridized carbons (Fsp3) is 0. The second-order valence-electron chi connectivity index (χ2n) is 3.08. The van der Waals surface area contributed by atoms with Gasteiger partial charge in [0.05, 0.1) is 17.0 Å². The third-order valence-corrected chi connectivity index (χ3v) is 2.17. The molecule has 4 heteroatoms. The molecule has 0 fully saturated rings. The summed E-state index contributed by atoms with van der Waals surface area (Å²) in [5.41, 5.74) is 7.29. The number of allylic oxidation sites excluding steroid dienone is 2. The van der Waals surface area contributed by atoms with E-state index in [2.05, 4.69) is 0 Å². The largest absolute Gasteiger partial charge is 0.507 e. The Morgan fingerprint density at radius 3 is 2.14 bits per heavy atom. The normalized spacial score (nSPS) is 14.3. The van der Waals surface area contributed by atoms with Crippen LogP contribution in [0.3, 0.4) is 0 Å². The topological polar surface area (TPSA) is 94.0 Å². The first kappa shape index (κ1) is 8.50. The molecule has 0 bridgehead atoms. The van der Waals surface area contributed by atoms with E-state index in [0.29, 0.717) is 16.8 Å². The van der Waals surface area contributed by atoms with E-state index >= 15 is 0 Å². The molecule has 1 aromatic rings. The monoisotopic (exact) mass is 187 g/mol. The Kier molecular flexibility index (Phi) is 1.64. The van der Waals surface area contributed by atoms with Crippen molar-refractivity contribution in [2.45, 2.75) is 0 Å². The molecular weight excluding hydrogens is 178 g/mol. The van der Waals surface area contributed by atoms with E-state index < -0.39 is 0 Å². The summed E-state index contributed by atoms with van der Waals surface area (Å²) in [6, 6.07) is 2.98. The smallest absolute Gasteiger partial charge is 0.125 e. The average molecular weight is 187 g/mol. The number of phenols is 1. The summed E-state index contributed by atoms with van der Waals surface area (Å²) >= 11 is 0. The van der Waals surface area contributed by atoms with Gasteiger partial charge in [-0.3, -0.25) is 0 Å². The fourth-order valence-corrected chi connectivity index (χ4v) is 1.50. The molecule has 0 saturated heterocycles. The number of nitrogen functional groups attached to an aromatic ring is 1. The van der Waals surface area contributed by atoms with Crippen molar-refractivity contribution in [1.82, 2.24) is 0 Å². The lowest BCUT2D eigenvalue weighted by Gasteiger charge is -2.16. The van der Waals surface area contributed by atoms with Crippen LogP contribution in [0.25, 0.3) is 0 Å². The second-order valence-corrected chi connectivity index (χ2v) is 3.08. The summed E-state index contributed by atoms with van der Waals surface area (Å²) < 4.78 is 0. The Hall–Kier alpha value is -2.10. The number of fused-ring (bicyclic) bond motifs is 1. The Labute approximate surface area is 80.7 Å². The van der Waals surface area contributed by atoms with Crippen molar-refractivity contribution in [3.05, 3.63) is 35.4 Å². The molecular formula is C10H9N3O. The zero-order valence-electron chi connectivity index (χ0n) is 7.33. The Balaban J connectivity index is 2.83. The molecule has 0 aliphatic heterocycles. The summed E-state index contributed by atoms with van der Waals surface area (Å²) in [7, 11) is 0. The SMILES string of the molecule is N=C1C=CC(=N)c2c(O)ccc(N)c21. The van der Waals surface area contributed by atoms with E-state index in [1.165, 1.54) is 24.3 Å². The Bertz CT molecular complexity index is 432. The summed E-state index contributed by atoms with van der Waals surface area (Å²) in [6.07, 6.45) is 2.98. The molecule has 0 aromatic heterocycles. The van der Waals surface area contributed by atoms with Gasteiger partial charge >= 0.3 is 0 Å². The van der Waals surface area contributed by atoms with Crippen LogP contribution in [-0.2, 0) is 0 Å². The zero-order chi connectivity index (χ0) is 10.3. The summed E-state index contributed by atoms with van der Waals surface area (Å²) in [5.74, 6) is -0.00620. The van der Waals surface area contributed by atoms with Crippen molar-refractivity contribution in [2.75, 3.05) is 5.73 Å². The van der Waals surface area contributed by atoms with Crippen LogP contribution in [-0.4, -0.2) is 16.5 Å². The number of nitrogens with one attached hydrogen (secondary N) is 2. The van der Waals surface area contributed by atoms with E-state index in [1.54, 1.807) is 0 Å². The van der Waals surface area contributed by atoms with Crippen LogP contribution in [0.15, 0.2) is 24.3 Å². The highest BCUT2D eigenvalue weighted by atomic mass is 16.3. The second kappa shape index (κ2) is 2.70. The molecule has 1 aromatic carbocycles. The Morgan fingerprint density at radius 1 is 1.00 bits per heavy atom. The lowest BCUT2D eigenvalue weighted by atomic mass is 9.91. The van der Waals surface area contributed by atoms with Gasteiger partial charge in [0.2, 0.25) is 0 Å². The molecule has 0 amide bonds. The number of rotatable bonds is 0. The number of benzene rings is 1. The maximum Gasteiger partial charge on any atom is 0.125 e. The quantitative estimate of drug-likeness (QED) is 0.363. The van der Waals surface area contributed by atoms with Crippen molar-refractivity contribution in [3.8, 4) is 5.75 Å². The first-order valence-corrected chi connectivity index (χ1v) is 4.08. The van der Waals surface area contributed by atoms with Gasteiger partial charge in [-0.05, 0) is 24.3 Å². The van der Waals surface area contributed by atoms with Crippen LogP contribution in [0, 0.1) is 10.8 Å². The van der Waals surface area contributed by atoms with Crippen molar-refractivity contribution in [2.24, 2.45) is 0 Å². The molecule has 0 heterocycles. The molecule has 0 spiro atoms. The number of nitrogens with two attached hydrogens (primary N) is 1. The number of hydrogen-bond acceptors (Lipinski definition) is 4. The maximum absolute atomic E-state index is 9.54. The number of aromatic hydroxyl groups is 1. The zero-order valence-corrected chi connectivity index (χ0v) is 7.33. The first-order chi connectivity index (χ1) is 6.61. The summed E-state index contributed by atoms with van der Waals surface area (Å²) in [6.45, 7) is 0. The minimum Gasteiger partial charge on any atom is -0.507 e. The average Bonchev–Trinajstić information content (AvgIpc) is 2.16. The van der Waals surface area contributed by atoms with Crippen LogP contribution in [0.1, 0.15) is 11.1 Å². The van der Waals surface area contributed by atoms with Gasteiger partial charge in [0, 0.05) is 11.3 Å². The van der Waals surface area contributed by atoms with Crippen molar-refractivity contribution >= 4 is 17.1 Å². The molecule has 0 unspecified atom stereocenters. The van der Waals surface area contributed by atoms with Gasteiger partial charge in [0.1, 0.15) is 5.75 Å². The molecule has 5 N–H and O–H groups in total. The molecule has 0 saturated carbocycles. The molecule has 0 atom stereocenters. The lowest BCUT2D eigenvalue weighted by Crippen LogP contribution is -2.14. The van der Waals surface area contributed by atoms with Crippen LogP contribution < -0.4 is 5.73 Å². The summed E-state index contributed by atoms with van der Waals surface area (Å²) in [4.78, 5) is 0. The molecule has 0 radical (unpaired) electrons. The fourth-order valence-electron chi connectivity index (χ4n) is 1.50. The van der Waals surface area contributed by atoms with Gasteiger partial charge < -0.3 is 21.7 Å². The van der Waals surface area contributed by atoms with Gasteiger partial charge in [-0.1, -0.05) is 0 Å². The predicted octanol–water partition coefficient (Wildman–Crippen LogP) is 1.28. The highest BCUT2D eigenvalue weighted by Gasteiger charge is 2.20. The standard InChI is InChI=1S/C10H9N3O/c11-5-1-2-7(13)10-8(14)4-3-6(12)9(5)10/h1-4,11,13-14H,12H2. The molecule has 14 heavy (non-hydrogen) atoms. The van der Waals surface area contributed by atoms with E-state index in [4.69, 9.17) is 16.6 Å². The third kappa shape index (κ3) is 1.01. The van der Waals surface area contributed by atoms with Crippen LogP contribution in [0.5, 0.6) is 5.75 Å². The van der Waals surface area contributed by atoms with Gasteiger partial charge in [-0.15, -0.1) is 0 Å². The Morgan fingerprint density at radius 2 is 1.57 bits per heavy atom. The van der Waals surface area contributed by atoms with Gasteiger partial charge in [0.25, 0.3) is 0 Å².